The number of amides is 2. The number of imidazole rings is 2. The Kier molecular flexibility index (Phi) is 10.6. The fraction of sp³-hybridized carbons (Fsp3) is 0.0476. The van der Waals surface area contributed by atoms with Gasteiger partial charge >= 0.3 is 0 Å². The van der Waals surface area contributed by atoms with Crippen LogP contribution >= 0.6 is 22.7 Å². The van der Waals surface area contributed by atoms with E-state index in [2.05, 4.69) is 40.3 Å². The van der Waals surface area contributed by atoms with E-state index in [0.29, 0.717) is 22.5 Å². The summed E-state index contributed by atoms with van der Waals surface area (Å²) in [6.45, 7) is 3.95. The Bertz CT molecular complexity index is 2900. The molecule has 0 aliphatic carbocycles. The van der Waals surface area contributed by atoms with Crippen molar-refractivity contribution in [3.8, 4) is 21.1 Å². The summed E-state index contributed by atoms with van der Waals surface area (Å²) in [7, 11) is 0. The van der Waals surface area contributed by atoms with Gasteiger partial charge in [0.05, 0.1) is 56.3 Å². The zero-order valence-corrected chi connectivity index (χ0v) is 32.7. The maximum absolute atomic E-state index is 12.5. The van der Waals surface area contributed by atoms with E-state index in [0.717, 1.165) is 65.5 Å². The van der Waals surface area contributed by atoms with Crippen molar-refractivity contribution in [2.45, 2.75) is 13.8 Å². The van der Waals surface area contributed by atoms with Crippen LogP contribution < -0.4 is 27.2 Å². The molecule has 0 bridgehead atoms. The monoisotopic (exact) mass is 805 g/mol. The van der Waals surface area contributed by atoms with Gasteiger partial charge in [-0.05, 0) is 98.8 Å². The smallest absolute Gasteiger partial charge is 0.274 e. The van der Waals surface area contributed by atoms with E-state index in [1.807, 2.05) is 104 Å². The average molecular weight is 806 g/mol. The molecule has 0 aliphatic heterocycles. The highest BCUT2D eigenvalue weighted by molar-refractivity contribution is 7.19. The van der Waals surface area contributed by atoms with Crippen LogP contribution in [0.5, 0.6) is 0 Å². The quantitative estimate of drug-likeness (QED) is 0.0467. The van der Waals surface area contributed by atoms with Gasteiger partial charge in [0.2, 0.25) is 0 Å². The van der Waals surface area contributed by atoms with Crippen LogP contribution in [0, 0.1) is 13.8 Å². The zero-order chi connectivity index (χ0) is 40.2. The molecule has 3 aromatic carbocycles. The molecule has 0 saturated carbocycles. The summed E-state index contributed by atoms with van der Waals surface area (Å²) in [6.07, 6.45) is 7.69. The molecule has 0 unspecified atom stereocenters. The highest BCUT2D eigenvalue weighted by Gasteiger charge is 2.16. The van der Waals surface area contributed by atoms with Gasteiger partial charge in [0.25, 0.3) is 11.8 Å². The standard InChI is InChI=1S/C24H20N6OS.C18H15N5O2S/c1-15-22(20-14-26-21-8-4-5-13-30(20)21)32-24(27-15)28-17-11-9-16(10-12-17)23(31)29-19-7-3-2-6-18(19)25;1-11-16(14-10-19-15-4-2-3-9-23(14)15)26-18(20-11)21-13-7-5-12(6-8-13)17(24)22-25/h2-14H,25H2,1H3,(H,27,28)(H,29,31);2-10,25H,1H3,(H,20,21)(H,22,24). The lowest BCUT2D eigenvalue weighted by molar-refractivity contribution is 0.0706. The molecule has 0 atom stereocenters. The Labute approximate surface area is 339 Å². The van der Waals surface area contributed by atoms with Gasteiger partial charge in [-0.25, -0.2) is 25.4 Å². The van der Waals surface area contributed by atoms with Crippen molar-refractivity contribution in [3.05, 3.63) is 156 Å². The topological polar surface area (TPSA) is 189 Å². The number of para-hydroxylation sites is 2. The number of hydrogen-bond acceptors (Lipinski definition) is 12. The summed E-state index contributed by atoms with van der Waals surface area (Å²) in [5.74, 6) is -0.758. The molecule has 14 nitrogen and oxygen atoms in total. The van der Waals surface area contributed by atoms with Crippen LogP contribution in [0.1, 0.15) is 32.1 Å². The van der Waals surface area contributed by atoms with Crippen molar-refractivity contribution in [2.24, 2.45) is 0 Å². The molecule has 0 spiro atoms. The summed E-state index contributed by atoms with van der Waals surface area (Å²) in [4.78, 5) is 44.1. The highest BCUT2D eigenvalue weighted by Crippen LogP contribution is 2.36. The summed E-state index contributed by atoms with van der Waals surface area (Å²) in [5, 5.41) is 19.6. The molecule has 58 heavy (non-hydrogen) atoms. The van der Waals surface area contributed by atoms with Gasteiger partial charge in [-0.2, -0.15) is 0 Å². The Morgan fingerprint density at radius 1 is 0.621 bits per heavy atom. The molecule has 288 valence electrons. The zero-order valence-electron chi connectivity index (χ0n) is 31.0. The number of aromatic nitrogens is 6. The number of nitrogen functional groups attached to an aromatic ring is 1. The fourth-order valence-corrected chi connectivity index (χ4v) is 8.09. The van der Waals surface area contributed by atoms with Gasteiger partial charge in [0.1, 0.15) is 11.3 Å². The van der Waals surface area contributed by atoms with Crippen molar-refractivity contribution < 1.29 is 14.8 Å². The molecule has 9 aromatic rings. The Morgan fingerprint density at radius 3 is 1.57 bits per heavy atom. The first-order valence-corrected chi connectivity index (χ1v) is 19.5. The molecule has 6 aromatic heterocycles. The van der Waals surface area contributed by atoms with Crippen LogP contribution in [-0.4, -0.2) is 45.8 Å². The fourth-order valence-electron chi connectivity index (χ4n) is 6.10. The maximum atomic E-state index is 12.5. The number of rotatable bonds is 9. The van der Waals surface area contributed by atoms with E-state index in [1.54, 1.807) is 65.3 Å². The molecule has 0 radical (unpaired) electrons. The third-order valence-electron chi connectivity index (χ3n) is 9.00. The minimum atomic E-state index is -0.545. The molecule has 7 N–H and O–H groups in total. The Morgan fingerprint density at radius 2 is 1.09 bits per heavy atom. The molecule has 0 saturated heterocycles. The number of thiazole rings is 2. The summed E-state index contributed by atoms with van der Waals surface area (Å²) < 4.78 is 4.09. The van der Waals surface area contributed by atoms with Crippen LogP contribution in [0.25, 0.3) is 32.4 Å². The van der Waals surface area contributed by atoms with Gasteiger partial charge in [-0.1, -0.05) is 46.9 Å². The maximum Gasteiger partial charge on any atom is 0.274 e. The Hall–Kier alpha value is -7.40. The van der Waals surface area contributed by atoms with Gasteiger partial charge in [-0.3, -0.25) is 23.6 Å². The third-order valence-corrected chi connectivity index (χ3v) is 11.2. The van der Waals surface area contributed by atoms with E-state index >= 15 is 0 Å². The summed E-state index contributed by atoms with van der Waals surface area (Å²) in [5.41, 5.74) is 16.9. The third kappa shape index (κ3) is 7.96. The largest absolute Gasteiger partial charge is 0.397 e. The molecular formula is C42H35N11O3S2. The van der Waals surface area contributed by atoms with Gasteiger partial charge in [-0.15, -0.1) is 0 Å². The lowest BCUT2D eigenvalue weighted by Crippen LogP contribution is -2.18. The van der Waals surface area contributed by atoms with Gasteiger partial charge in [0.15, 0.2) is 10.3 Å². The first kappa shape index (κ1) is 37.5. The van der Waals surface area contributed by atoms with Crippen molar-refractivity contribution >= 4 is 78.8 Å². The molecule has 16 heteroatoms. The molecule has 0 fully saturated rings. The van der Waals surface area contributed by atoms with Crippen molar-refractivity contribution in [3.63, 3.8) is 0 Å². The van der Waals surface area contributed by atoms with Crippen LogP contribution in [0.2, 0.25) is 0 Å². The van der Waals surface area contributed by atoms with E-state index in [-0.39, 0.29) is 5.91 Å². The highest BCUT2D eigenvalue weighted by atomic mass is 32.1. The molecule has 9 rings (SSSR count). The predicted molar refractivity (Wildman–Crippen MR) is 230 cm³/mol. The number of anilines is 6. The second-order valence-electron chi connectivity index (χ2n) is 12.9. The van der Waals surface area contributed by atoms with Crippen molar-refractivity contribution in [1.29, 1.82) is 0 Å². The molecule has 6 heterocycles. The molecule has 2 amide bonds. The summed E-state index contributed by atoms with van der Waals surface area (Å²) in [6, 6.07) is 33.0. The second kappa shape index (κ2) is 16.4. The number of hydroxylamine groups is 1. The van der Waals surface area contributed by atoms with Crippen molar-refractivity contribution in [2.75, 3.05) is 21.7 Å². The van der Waals surface area contributed by atoms with E-state index in [9.17, 15) is 9.59 Å². The number of hydrogen-bond donors (Lipinski definition) is 6. The number of benzene rings is 3. The van der Waals surface area contributed by atoms with Gasteiger partial charge < -0.3 is 21.7 Å². The minimum absolute atomic E-state index is 0.213. The number of nitrogens with zero attached hydrogens (tertiary/aromatic N) is 6. The normalized spacial score (nSPS) is 10.9. The van der Waals surface area contributed by atoms with Crippen LogP contribution in [0.3, 0.4) is 0 Å². The lowest BCUT2D eigenvalue weighted by atomic mass is 10.2. The van der Waals surface area contributed by atoms with Crippen molar-refractivity contribution in [1.82, 2.24) is 34.2 Å². The predicted octanol–water partition coefficient (Wildman–Crippen LogP) is 8.97. The van der Waals surface area contributed by atoms with Crippen LogP contribution in [-0.2, 0) is 0 Å². The Balaban J connectivity index is 0.000000165. The number of carbonyl (C=O) groups is 2. The number of pyridine rings is 2. The average Bonchev–Trinajstić information content (AvgIpc) is 4.04. The number of nitrogens with one attached hydrogen (secondary N) is 4. The molecule has 0 aliphatic rings. The lowest BCUT2D eigenvalue weighted by Gasteiger charge is -2.08. The number of aryl methyl sites for hydroxylation is 2. The minimum Gasteiger partial charge on any atom is -0.397 e. The van der Waals surface area contributed by atoms with Gasteiger partial charge in [0, 0.05) is 34.9 Å². The molecular weight excluding hydrogens is 771 g/mol. The SMILES string of the molecule is Cc1nc(Nc2ccc(C(=O)NO)cc2)sc1-c1cnc2ccccn12.Cc1nc(Nc2ccc(C(=O)Nc3ccccc3N)cc2)sc1-c1cnc2ccccn12. The number of fused-ring (bicyclic) bond motifs is 2. The number of nitrogens with two attached hydrogens (primary N) is 1. The summed E-state index contributed by atoms with van der Waals surface area (Å²) >= 11 is 3.10. The first-order valence-electron chi connectivity index (χ1n) is 17.9. The second-order valence-corrected chi connectivity index (χ2v) is 14.9. The van der Waals surface area contributed by atoms with E-state index in [1.165, 1.54) is 11.3 Å². The van der Waals surface area contributed by atoms with E-state index in [4.69, 9.17) is 10.9 Å². The van der Waals surface area contributed by atoms with E-state index < -0.39 is 5.91 Å². The van der Waals surface area contributed by atoms with Crippen LogP contribution in [0.15, 0.2) is 134 Å². The number of carbonyl (C=O) groups excluding carboxylic acids is 2. The van der Waals surface area contributed by atoms with Crippen LogP contribution in [0.4, 0.5) is 33.0 Å². The first-order chi connectivity index (χ1) is 28.2.